The van der Waals surface area contributed by atoms with Crippen molar-refractivity contribution in [3.63, 3.8) is 0 Å². The summed E-state index contributed by atoms with van der Waals surface area (Å²) in [5.41, 5.74) is 5.04. The molecule has 6 N–H and O–H groups in total. The van der Waals surface area contributed by atoms with Crippen LogP contribution in [0.15, 0.2) is 5.10 Å². The van der Waals surface area contributed by atoms with E-state index in [0.29, 0.717) is 0 Å². The lowest BCUT2D eigenvalue weighted by molar-refractivity contribution is 0.529. The summed E-state index contributed by atoms with van der Waals surface area (Å²) < 4.78 is 0. The van der Waals surface area contributed by atoms with E-state index in [0.717, 1.165) is 5.01 Å². The number of nitrogens with zero attached hydrogens (tertiary/aromatic N) is 2. The second kappa shape index (κ2) is 4.66. The fourth-order valence-electron chi connectivity index (χ4n) is 0.0911. The van der Waals surface area contributed by atoms with Crippen LogP contribution in [0.1, 0.15) is 0 Å². The highest BCUT2D eigenvalue weighted by Crippen LogP contribution is 1.60. The van der Waals surface area contributed by atoms with Gasteiger partial charge in [-0.3, -0.25) is 5.01 Å². The first-order valence-electron chi connectivity index (χ1n) is 1.70. The van der Waals surface area contributed by atoms with Gasteiger partial charge in [0, 0.05) is 7.05 Å². The van der Waals surface area contributed by atoms with E-state index in [1.54, 1.807) is 7.05 Å². The Morgan fingerprint density at radius 1 is 1.62 bits per heavy atom. The topological polar surface area (TPSA) is 93.7 Å². The zero-order valence-electron chi connectivity index (χ0n) is 4.53. The van der Waals surface area contributed by atoms with Crippen molar-refractivity contribution in [1.29, 1.82) is 0 Å². The molecule has 0 aliphatic heterocycles. The van der Waals surface area contributed by atoms with Crippen LogP contribution in [0.4, 0.5) is 0 Å². The average molecular weight is 184 g/mol. The van der Waals surface area contributed by atoms with E-state index >= 15 is 0 Å². The molecule has 0 aliphatic carbocycles. The Hall–Kier alpha value is -0.490. The van der Waals surface area contributed by atoms with E-state index < -0.39 is 0 Å². The molecule has 0 spiro atoms. The molecule has 5 nitrogen and oxygen atoms in total. The molecular weight excluding hydrogens is 174 g/mol. The van der Waals surface area contributed by atoms with Crippen molar-refractivity contribution >= 4 is 22.9 Å². The van der Waals surface area contributed by atoms with E-state index in [-0.39, 0.29) is 22.9 Å². The molecule has 6 heteroatoms. The highest BCUT2D eigenvalue weighted by molar-refractivity contribution is 8.93. The number of nitrogens with two attached hydrogens (primary N) is 3. The molecule has 0 atom stereocenters. The summed E-state index contributed by atoms with van der Waals surface area (Å²) in [6, 6.07) is 0. The van der Waals surface area contributed by atoms with Crippen LogP contribution in [-0.4, -0.2) is 18.0 Å². The first-order chi connectivity index (χ1) is 3.18. The van der Waals surface area contributed by atoms with Gasteiger partial charge in [0.05, 0.1) is 0 Å². The Labute approximate surface area is 58.2 Å². The number of guanidine groups is 1. The van der Waals surface area contributed by atoms with Gasteiger partial charge >= 0.3 is 0 Å². The molecule has 0 saturated carbocycles. The molecule has 0 rings (SSSR count). The maximum atomic E-state index is 5.04. The zero-order valence-corrected chi connectivity index (χ0v) is 6.25. The van der Waals surface area contributed by atoms with Gasteiger partial charge in [-0.15, -0.1) is 22.1 Å². The van der Waals surface area contributed by atoms with Crippen LogP contribution in [0, 0.1) is 0 Å². The van der Waals surface area contributed by atoms with Crippen molar-refractivity contribution < 1.29 is 0 Å². The minimum Gasteiger partial charge on any atom is -0.367 e. The van der Waals surface area contributed by atoms with Crippen LogP contribution in [0.5, 0.6) is 0 Å². The Kier molecular flexibility index (Phi) is 6.11. The summed E-state index contributed by atoms with van der Waals surface area (Å²) in [6.45, 7) is 0. The van der Waals surface area contributed by atoms with Crippen LogP contribution < -0.4 is 17.4 Å². The molecule has 0 aromatic heterocycles. The number of hydrazine groups is 1. The van der Waals surface area contributed by atoms with E-state index in [4.69, 9.17) is 17.4 Å². The lowest BCUT2D eigenvalue weighted by Gasteiger charge is -2.06. The van der Waals surface area contributed by atoms with Gasteiger partial charge < -0.3 is 11.6 Å². The SMILES string of the molecule is Br.CN(N)/C(N)=N/N. The van der Waals surface area contributed by atoms with Crippen LogP contribution in [-0.2, 0) is 0 Å². The van der Waals surface area contributed by atoms with E-state index in [2.05, 4.69) is 5.10 Å². The molecule has 0 saturated heterocycles. The molecule has 0 radical (unpaired) electrons. The fourth-order valence-corrected chi connectivity index (χ4v) is 0.0911. The summed E-state index contributed by atoms with van der Waals surface area (Å²) in [7, 11) is 1.55. The lowest BCUT2D eigenvalue weighted by Crippen LogP contribution is -2.39. The molecule has 0 aliphatic rings. The van der Waals surface area contributed by atoms with Crippen molar-refractivity contribution in [2.24, 2.45) is 22.5 Å². The molecule has 0 fully saturated rings. The van der Waals surface area contributed by atoms with Gasteiger partial charge in [-0.1, -0.05) is 0 Å². The quantitative estimate of drug-likeness (QED) is 0.186. The molecule has 0 aromatic rings. The predicted octanol–water partition coefficient (Wildman–Crippen LogP) is -1.44. The summed E-state index contributed by atoms with van der Waals surface area (Å²) in [4.78, 5) is 0. The second-order valence-electron chi connectivity index (χ2n) is 1.10. The van der Waals surface area contributed by atoms with Gasteiger partial charge in [0.15, 0.2) is 0 Å². The summed E-state index contributed by atoms with van der Waals surface area (Å²) in [6.07, 6.45) is 0. The standard InChI is InChI=1S/C2H9N5.BrH/c1-7(5)2(3)6-4;/h4-5H2,1H3,(H2,3,6);1H. The highest BCUT2D eigenvalue weighted by Gasteiger charge is 1.87. The minimum atomic E-state index is 0. The molecule has 50 valence electrons. The summed E-state index contributed by atoms with van der Waals surface area (Å²) >= 11 is 0. The van der Waals surface area contributed by atoms with Gasteiger partial charge in [-0.25, -0.2) is 5.84 Å². The minimum absolute atomic E-state index is 0. The molecule has 0 heterocycles. The predicted molar refractivity (Wildman–Crippen MR) is 38.1 cm³/mol. The van der Waals surface area contributed by atoms with Crippen LogP contribution >= 0.6 is 17.0 Å². The van der Waals surface area contributed by atoms with Gasteiger partial charge in [0.25, 0.3) is 0 Å². The van der Waals surface area contributed by atoms with Gasteiger partial charge in [-0.05, 0) is 0 Å². The third-order valence-electron chi connectivity index (χ3n) is 0.494. The number of halogens is 1. The maximum Gasteiger partial charge on any atom is 0.227 e. The third kappa shape index (κ3) is 3.69. The fraction of sp³-hybridized carbons (Fsp3) is 0.500. The number of hydrogen-bond acceptors (Lipinski definition) is 3. The Morgan fingerprint density at radius 3 is 2.00 bits per heavy atom. The average Bonchev–Trinajstić information content (AvgIpc) is 1.65. The molecule has 0 aromatic carbocycles. The number of hydrogen-bond donors (Lipinski definition) is 3. The third-order valence-corrected chi connectivity index (χ3v) is 0.494. The first kappa shape index (κ1) is 10.5. The normalized spacial score (nSPS) is 10.0. The Morgan fingerprint density at radius 2 is 2.00 bits per heavy atom. The van der Waals surface area contributed by atoms with Gasteiger partial charge in [0.2, 0.25) is 5.96 Å². The van der Waals surface area contributed by atoms with E-state index in [9.17, 15) is 0 Å². The zero-order chi connectivity index (χ0) is 5.86. The van der Waals surface area contributed by atoms with Crippen molar-refractivity contribution in [1.82, 2.24) is 5.01 Å². The smallest absolute Gasteiger partial charge is 0.227 e. The molecule has 0 unspecified atom stereocenters. The second-order valence-corrected chi connectivity index (χ2v) is 1.10. The van der Waals surface area contributed by atoms with Crippen molar-refractivity contribution in [2.45, 2.75) is 0 Å². The monoisotopic (exact) mass is 183 g/mol. The maximum absolute atomic E-state index is 5.04. The molecule has 0 amide bonds. The molecule has 8 heavy (non-hydrogen) atoms. The molecule has 0 bridgehead atoms. The molecular formula is C2H10BrN5. The highest BCUT2D eigenvalue weighted by atomic mass is 79.9. The van der Waals surface area contributed by atoms with Crippen LogP contribution in [0.3, 0.4) is 0 Å². The van der Waals surface area contributed by atoms with Crippen molar-refractivity contribution in [2.75, 3.05) is 7.05 Å². The van der Waals surface area contributed by atoms with Gasteiger partial charge in [0.1, 0.15) is 0 Å². The summed E-state index contributed by atoms with van der Waals surface area (Å²) in [5, 5.41) is 4.21. The van der Waals surface area contributed by atoms with Crippen LogP contribution in [0.2, 0.25) is 0 Å². The Bertz CT molecular complexity index is 78.5. The summed E-state index contributed by atoms with van der Waals surface area (Å²) in [5.74, 6) is 9.87. The first-order valence-corrected chi connectivity index (χ1v) is 1.70. The number of rotatable bonds is 0. The largest absolute Gasteiger partial charge is 0.367 e. The number of hydrazone groups is 1. The van der Waals surface area contributed by atoms with Crippen molar-refractivity contribution in [3.05, 3.63) is 0 Å². The van der Waals surface area contributed by atoms with Crippen LogP contribution in [0.25, 0.3) is 0 Å². The van der Waals surface area contributed by atoms with Gasteiger partial charge in [-0.2, -0.15) is 0 Å². The van der Waals surface area contributed by atoms with E-state index in [1.165, 1.54) is 0 Å². The Balaban J connectivity index is 0. The van der Waals surface area contributed by atoms with E-state index in [1.807, 2.05) is 0 Å². The lowest BCUT2D eigenvalue weighted by atomic mass is 10.9. The van der Waals surface area contributed by atoms with Crippen molar-refractivity contribution in [3.8, 4) is 0 Å².